The lowest BCUT2D eigenvalue weighted by molar-refractivity contribution is -0.130. The van der Waals surface area contributed by atoms with Gasteiger partial charge < -0.3 is 10.2 Å². The molecule has 0 fully saturated rings. The van der Waals surface area contributed by atoms with E-state index in [0.29, 0.717) is 5.56 Å². The first-order chi connectivity index (χ1) is 12.1. The molecule has 1 heterocycles. The number of nitrogens with one attached hydrogen (secondary N) is 1. The van der Waals surface area contributed by atoms with Gasteiger partial charge in [-0.05, 0) is 31.2 Å². The van der Waals surface area contributed by atoms with Crippen LogP contribution in [0.3, 0.4) is 0 Å². The third-order valence-electron chi connectivity index (χ3n) is 4.08. The molecular weight excluding hydrogens is 334 g/mol. The van der Waals surface area contributed by atoms with E-state index in [4.69, 9.17) is 0 Å². The number of rotatable bonds is 5. The maximum absolute atomic E-state index is 12.4. The second-order valence-corrected chi connectivity index (χ2v) is 6.81. The van der Waals surface area contributed by atoms with Crippen LogP contribution in [0.4, 0.5) is 0 Å². The molecule has 1 N–H and O–H groups in total. The Morgan fingerprint density at radius 3 is 2.52 bits per heavy atom. The molecule has 0 radical (unpaired) electrons. The van der Waals surface area contributed by atoms with Gasteiger partial charge in [0.15, 0.2) is 0 Å². The van der Waals surface area contributed by atoms with Crippen molar-refractivity contribution in [2.24, 2.45) is 0 Å². The van der Waals surface area contributed by atoms with Crippen molar-refractivity contribution in [2.45, 2.75) is 13.0 Å². The SMILES string of the molecule is C[C@@H](c1nc2ccccc2s1)N(C)C(=O)CNC(=O)c1ccccc1. The lowest BCUT2D eigenvalue weighted by Crippen LogP contribution is -2.39. The first kappa shape index (κ1) is 17.1. The van der Waals surface area contributed by atoms with Crippen LogP contribution >= 0.6 is 11.3 Å². The number of hydrogen-bond donors (Lipinski definition) is 1. The van der Waals surface area contributed by atoms with Crippen molar-refractivity contribution < 1.29 is 9.59 Å². The number of likely N-dealkylation sites (N-methyl/N-ethyl adjacent to an activating group) is 1. The number of fused-ring (bicyclic) bond motifs is 1. The topological polar surface area (TPSA) is 62.3 Å². The summed E-state index contributed by atoms with van der Waals surface area (Å²) in [7, 11) is 1.73. The summed E-state index contributed by atoms with van der Waals surface area (Å²) in [5, 5.41) is 3.55. The number of para-hydroxylation sites is 1. The predicted molar refractivity (Wildman–Crippen MR) is 99.6 cm³/mol. The number of carbonyl (C=O) groups is 2. The number of amides is 2. The minimum absolute atomic E-state index is 0.0422. The molecule has 3 aromatic rings. The molecule has 2 amide bonds. The van der Waals surface area contributed by atoms with Crippen LogP contribution in [0.1, 0.15) is 28.3 Å². The molecule has 1 aromatic heterocycles. The van der Waals surface area contributed by atoms with Crippen LogP contribution in [0, 0.1) is 0 Å². The summed E-state index contributed by atoms with van der Waals surface area (Å²) in [6, 6.07) is 16.6. The van der Waals surface area contributed by atoms with Crippen LogP contribution in [0.15, 0.2) is 54.6 Å². The van der Waals surface area contributed by atoms with E-state index < -0.39 is 0 Å². The van der Waals surface area contributed by atoms with E-state index in [9.17, 15) is 9.59 Å². The van der Waals surface area contributed by atoms with Crippen LogP contribution in [-0.4, -0.2) is 35.3 Å². The summed E-state index contributed by atoms with van der Waals surface area (Å²) < 4.78 is 1.10. The quantitative estimate of drug-likeness (QED) is 0.766. The van der Waals surface area contributed by atoms with E-state index in [-0.39, 0.29) is 24.4 Å². The largest absolute Gasteiger partial charge is 0.343 e. The van der Waals surface area contributed by atoms with Gasteiger partial charge in [0.1, 0.15) is 5.01 Å². The maximum Gasteiger partial charge on any atom is 0.251 e. The van der Waals surface area contributed by atoms with Crippen molar-refractivity contribution >= 4 is 33.4 Å². The number of carbonyl (C=O) groups excluding carboxylic acids is 2. The number of hydrogen-bond acceptors (Lipinski definition) is 4. The third kappa shape index (κ3) is 3.85. The fourth-order valence-corrected chi connectivity index (χ4v) is 3.49. The predicted octanol–water partition coefficient (Wildman–Crippen LogP) is 3.25. The van der Waals surface area contributed by atoms with Gasteiger partial charge in [0.05, 0.1) is 22.8 Å². The molecule has 25 heavy (non-hydrogen) atoms. The van der Waals surface area contributed by atoms with Crippen molar-refractivity contribution in [3.63, 3.8) is 0 Å². The molecule has 0 aliphatic carbocycles. The molecular formula is C19H19N3O2S. The Bertz CT molecular complexity index is 859. The van der Waals surface area contributed by atoms with Gasteiger partial charge in [0.25, 0.3) is 5.91 Å². The second-order valence-electron chi connectivity index (χ2n) is 5.75. The lowest BCUT2D eigenvalue weighted by atomic mass is 10.2. The monoisotopic (exact) mass is 353 g/mol. The molecule has 3 rings (SSSR count). The standard InChI is InChI=1S/C19H19N3O2S/c1-13(19-21-15-10-6-7-11-16(15)25-19)22(2)17(23)12-20-18(24)14-8-4-3-5-9-14/h3-11,13H,12H2,1-2H3,(H,20,24)/t13-/m0/s1. The molecule has 0 spiro atoms. The summed E-state index contributed by atoms with van der Waals surface area (Å²) in [6.45, 7) is 1.90. The van der Waals surface area contributed by atoms with Gasteiger partial charge in [-0.3, -0.25) is 9.59 Å². The molecule has 0 aliphatic heterocycles. The zero-order valence-electron chi connectivity index (χ0n) is 14.1. The second kappa shape index (κ2) is 7.44. The van der Waals surface area contributed by atoms with Crippen molar-refractivity contribution in [3.05, 3.63) is 65.2 Å². The highest BCUT2D eigenvalue weighted by Gasteiger charge is 2.21. The fourth-order valence-electron chi connectivity index (χ4n) is 2.42. The van der Waals surface area contributed by atoms with E-state index in [2.05, 4.69) is 10.3 Å². The first-order valence-corrected chi connectivity index (χ1v) is 8.82. The van der Waals surface area contributed by atoms with Crippen LogP contribution < -0.4 is 5.32 Å². The van der Waals surface area contributed by atoms with Gasteiger partial charge >= 0.3 is 0 Å². The lowest BCUT2D eigenvalue weighted by Gasteiger charge is -2.23. The molecule has 5 nitrogen and oxygen atoms in total. The highest BCUT2D eigenvalue weighted by Crippen LogP contribution is 2.28. The van der Waals surface area contributed by atoms with Gasteiger partial charge in [0, 0.05) is 12.6 Å². The molecule has 0 saturated heterocycles. The highest BCUT2D eigenvalue weighted by molar-refractivity contribution is 7.18. The normalized spacial score (nSPS) is 11.9. The molecule has 0 aliphatic rings. The van der Waals surface area contributed by atoms with Crippen molar-refractivity contribution in [1.29, 1.82) is 0 Å². The van der Waals surface area contributed by atoms with Crippen molar-refractivity contribution in [2.75, 3.05) is 13.6 Å². The summed E-state index contributed by atoms with van der Waals surface area (Å²) in [6.07, 6.45) is 0. The minimum atomic E-state index is -0.255. The van der Waals surface area contributed by atoms with Crippen LogP contribution in [0.5, 0.6) is 0 Å². The molecule has 0 saturated carbocycles. The molecule has 1 atom stereocenters. The first-order valence-electron chi connectivity index (χ1n) is 8.00. The average Bonchev–Trinajstić information content (AvgIpc) is 3.09. The molecule has 0 bridgehead atoms. The minimum Gasteiger partial charge on any atom is -0.343 e. The Labute approximate surface area is 150 Å². The Hall–Kier alpha value is -2.73. The number of benzene rings is 2. The summed E-state index contributed by atoms with van der Waals surface area (Å²) in [5.41, 5.74) is 1.48. The van der Waals surface area contributed by atoms with Crippen LogP contribution in [-0.2, 0) is 4.79 Å². The Balaban J connectivity index is 1.62. The number of aromatic nitrogens is 1. The van der Waals surface area contributed by atoms with Crippen LogP contribution in [0.2, 0.25) is 0 Å². The zero-order valence-corrected chi connectivity index (χ0v) is 14.9. The van der Waals surface area contributed by atoms with Gasteiger partial charge in [-0.25, -0.2) is 4.98 Å². The fraction of sp³-hybridized carbons (Fsp3) is 0.211. The van der Waals surface area contributed by atoms with Gasteiger partial charge in [-0.15, -0.1) is 11.3 Å². The van der Waals surface area contributed by atoms with Crippen molar-refractivity contribution in [1.82, 2.24) is 15.2 Å². The Morgan fingerprint density at radius 2 is 1.80 bits per heavy atom. The van der Waals surface area contributed by atoms with E-state index in [1.54, 1.807) is 47.5 Å². The summed E-state index contributed by atoms with van der Waals surface area (Å²) in [5.74, 6) is -0.411. The number of thiazole rings is 1. The molecule has 0 unspecified atom stereocenters. The Morgan fingerprint density at radius 1 is 1.12 bits per heavy atom. The summed E-state index contributed by atoms with van der Waals surface area (Å²) >= 11 is 1.58. The zero-order chi connectivity index (χ0) is 17.8. The molecule has 2 aromatic carbocycles. The summed E-state index contributed by atoms with van der Waals surface area (Å²) in [4.78, 5) is 30.6. The molecule has 6 heteroatoms. The smallest absolute Gasteiger partial charge is 0.251 e. The van der Waals surface area contributed by atoms with E-state index in [1.165, 1.54) is 0 Å². The van der Waals surface area contributed by atoms with Gasteiger partial charge in [-0.2, -0.15) is 0 Å². The van der Waals surface area contributed by atoms with E-state index >= 15 is 0 Å². The van der Waals surface area contributed by atoms with E-state index in [0.717, 1.165) is 15.2 Å². The Kier molecular flexibility index (Phi) is 5.09. The van der Waals surface area contributed by atoms with E-state index in [1.807, 2.05) is 37.3 Å². The van der Waals surface area contributed by atoms with Crippen LogP contribution in [0.25, 0.3) is 10.2 Å². The van der Waals surface area contributed by atoms with Gasteiger partial charge in [0.2, 0.25) is 5.91 Å². The average molecular weight is 353 g/mol. The maximum atomic E-state index is 12.4. The highest BCUT2D eigenvalue weighted by atomic mass is 32.1. The number of nitrogens with zero attached hydrogens (tertiary/aromatic N) is 2. The third-order valence-corrected chi connectivity index (χ3v) is 5.28. The van der Waals surface area contributed by atoms with Gasteiger partial charge in [-0.1, -0.05) is 30.3 Å². The molecule has 128 valence electrons. The van der Waals surface area contributed by atoms with Crippen molar-refractivity contribution in [3.8, 4) is 0 Å².